The van der Waals surface area contributed by atoms with E-state index in [0.29, 0.717) is 6.42 Å². The molecular formula is C25H44N2O6S. The monoisotopic (exact) mass is 500 g/mol. The van der Waals surface area contributed by atoms with E-state index in [2.05, 4.69) is 18.7 Å². The molecule has 1 atom stereocenters. The average Bonchev–Trinajstić information content (AvgIpc) is 2.79. The van der Waals surface area contributed by atoms with Crippen LogP contribution >= 0.6 is 0 Å². The van der Waals surface area contributed by atoms with Crippen molar-refractivity contribution in [2.24, 2.45) is 0 Å². The summed E-state index contributed by atoms with van der Waals surface area (Å²) in [5.74, 6) is 0. The highest BCUT2D eigenvalue weighted by Gasteiger charge is 2.23. The van der Waals surface area contributed by atoms with Crippen molar-refractivity contribution in [3.05, 3.63) is 39.9 Å². The van der Waals surface area contributed by atoms with Gasteiger partial charge < -0.3 is 0 Å². The molecular weight excluding hydrogens is 456 g/mol. The highest BCUT2D eigenvalue weighted by atomic mass is 32.3. The molecule has 1 unspecified atom stereocenters. The van der Waals surface area contributed by atoms with Gasteiger partial charge in [0.2, 0.25) is 0 Å². The molecule has 0 aliphatic carbocycles. The lowest BCUT2D eigenvalue weighted by atomic mass is 10.1. The van der Waals surface area contributed by atoms with Gasteiger partial charge in [-0.3, -0.25) is 19.6 Å². The third kappa shape index (κ3) is 14.7. The van der Waals surface area contributed by atoms with Crippen molar-refractivity contribution < 1.29 is 22.1 Å². The summed E-state index contributed by atoms with van der Waals surface area (Å²) < 4.78 is 37.7. The molecule has 0 aromatic heterocycles. The normalized spacial score (nSPS) is 12.8. The third-order valence-corrected chi connectivity index (χ3v) is 6.52. The van der Waals surface area contributed by atoms with Crippen LogP contribution in [0.15, 0.2) is 24.3 Å². The Morgan fingerprint density at radius 2 is 1.41 bits per heavy atom. The predicted octanol–water partition coefficient (Wildman–Crippen LogP) is 6.70. The summed E-state index contributed by atoms with van der Waals surface area (Å²) in [6.45, 7) is 5.85. The van der Waals surface area contributed by atoms with Crippen LogP contribution in [0.5, 0.6) is 0 Å². The van der Waals surface area contributed by atoms with Crippen LogP contribution in [0.1, 0.15) is 103 Å². The van der Waals surface area contributed by atoms with E-state index < -0.39 is 21.6 Å². The number of nitro benzene ring substituents is 1. The van der Waals surface area contributed by atoms with E-state index in [0.717, 1.165) is 63.6 Å². The first kappa shape index (κ1) is 30.5. The van der Waals surface area contributed by atoms with Gasteiger partial charge in [-0.05, 0) is 44.1 Å². The van der Waals surface area contributed by atoms with Crippen LogP contribution in [0.3, 0.4) is 0 Å². The van der Waals surface area contributed by atoms with E-state index in [4.69, 9.17) is 4.18 Å². The maximum atomic E-state index is 11.6. The lowest BCUT2D eigenvalue weighted by Gasteiger charge is -2.30. The summed E-state index contributed by atoms with van der Waals surface area (Å²) >= 11 is 0. The summed E-state index contributed by atoms with van der Waals surface area (Å²) in [7, 11) is -4.55. The molecule has 8 nitrogen and oxygen atoms in total. The Labute approximate surface area is 206 Å². The molecule has 0 bridgehead atoms. The van der Waals surface area contributed by atoms with Gasteiger partial charge in [0.1, 0.15) is 6.23 Å². The fourth-order valence-electron chi connectivity index (χ4n) is 4.10. The average molecular weight is 501 g/mol. The number of nitrogens with zero attached hydrogens (tertiary/aromatic N) is 2. The van der Waals surface area contributed by atoms with Crippen molar-refractivity contribution in [1.29, 1.82) is 0 Å². The van der Waals surface area contributed by atoms with E-state index in [9.17, 15) is 23.1 Å². The molecule has 0 aliphatic heterocycles. The van der Waals surface area contributed by atoms with Gasteiger partial charge in [-0.2, -0.15) is 8.42 Å². The van der Waals surface area contributed by atoms with Crippen molar-refractivity contribution in [2.45, 2.75) is 110 Å². The van der Waals surface area contributed by atoms with Gasteiger partial charge >= 0.3 is 10.4 Å². The maximum absolute atomic E-state index is 11.6. The second kappa shape index (κ2) is 17.8. The Hall–Kier alpha value is -1.55. The zero-order valence-electron chi connectivity index (χ0n) is 21.0. The van der Waals surface area contributed by atoms with E-state index in [1.165, 1.54) is 50.7 Å². The zero-order chi connectivity index (χ0) is 25.2. The Kier molecular flexibility index (Phi) is 16.0. The molecule has 0 aliphatic rings. The minimum absolute atomic E-state index is 0.0684. The minimum Gasteiger partial charge on any atom is -0.277 e. The Balaban J connectivity index is 2.67. The molecule has 34 heavy (non-hydrogen) atoms. The number of hydrogen-bond acceptors (Lipinski definition) is 6. The quantitative estimate of drug-likeness (QED) is 0.0657. The van der Waals surface area contributed by atoms with Crippen molar-refractivity contribution in [3.63, 3.8) is 0 Å². The number of nitro groups is 1. The second-order valence-electron chi connectivity index (χ2n) is 9.01. The molecule has 0 radical (unpaired) electrons. The van der Waals surface area contributed by atoms with Crippen molar-refractivity contribution in [3.8, 4) is 0 Å². The molecule has 0 fully saturated rings. The molecule has 0 amide bonds. The predicted molar refractivity (Wildman–Crippen MR) is 136 cm³/mol. The van der Waals surface area contributed by atoms with Crippen LogP contribution in [-0.4, -0.2) is 42.1 Å². The lowest BCUT2D eigenvalue weighted by molar-refractivity contribution is -0.384. The molecule has 0 saturated carbocycles. The molecule has 0 spiro atoms. The van der Waals surface area contributed by atoms with E-state index in [1.54, 1.807) is 12.1 Å². The van der Waals surface area contributed by atoms with Gasteiger partial charge in [0.25, 0.3) is 5.69 Å². The van der Waals surface area contributed by atoms with E-state index >= 15 is 0 Å². The molecule has 1 aromatic rings. The number of aryl methyl sites for hydroxylation is 1. The first-order valence-electron chi connectivity index (χ1n) is 12.9. The Bertz CT molecular complexity index is 756. The second-order valence-corrected chi connectivity index (χ2v) is 10.1. The first-order chi connectivity index (χ1) is 16.3. The Morgan fingerprint density at radius 1 is 0.882 bits per heavy atom. The molecule has 9 heteroatoms. The summed E-state index contributed by atoms with van der Waals surface area (Å²) in [6, 6.07) is 6.50. The summed E-state index contributed by atoms with van der Waals surface area (Å²) in [5, 5.41) is 10.8. The highest BCUT2D eigenvalue weighted by molar-refractivity contribution is 7.80. The molecule has 196 valence electrons. The van der Waals surface area contributed by atoms with Crippen molar-refractivity contribution in [1.82, 2.24) is 4.90 Å². The molecule has 0 saturated heterocycles. The zero-order valence-corrected chi connectivity index (χ0v) is 21.8. The third-order valence-electron chi connectivity index (χ3n) is 6.05. The smallest absolute Gasteiger partial charge is 0.277 e. The number of hydrogen-bond donors (Lipinski definition) is 1. The van der Waals surface area contributed by atoms with Gasteiger partial charge in [0.05, 0.1) is 4.92 Å². The fraction of sp³-hybridized carbons (Fsp3) is 0.760. The van der Waals surface area contributed by atoms with Crippen LogP contribution < -0.4 is 0 Å². The van der Waals surface area contributed by atoms with E-state index in [1.807, 2.05) is 0 Å². The standard InChI is InChI=1S/C25H44N2O6S/c1-3-5-7-9-13-21-26(22-14-10-8-6-4-2)25(33-34(30,31)32)16-12-11-15-23-17-19-24(20-18-23)27(28)29/h17-20,25H,3-16,21-22H2,1-2H3,(H,30,31,32). The molecule has 1 N–H and O–H groups in total. The topological polar surface area (TPSA) is 110 Å². The summed E-state index contributed by atoms with van der Waals surface area (Å²) in [4.78, 5) is 12.5. The number of benzene rings is 1. The van der Waals surface area contributed by atoms with E-state index in [-0.39, 0.29) is 5.69 Å². The van der Waals surface area contributed by atoms with Crippen LogP contribution in [0.25, 0.3) is 0 Å². The van der Waals surface area contributed by atoms with Gasteiger partial charge in [0, 0.05) is 25.2 Å². The Morgan fingerprint density at radius 3 is 1.88 bits per heavy atom. The van der Waals surface area contributed by atoms with Crippen molar-refractivity contribution in [2.75, 3.05) is 13.1 Å². The van der Waals surface area contributed by atoms with Crippen LogP contribution in [0, 0.1) is 10.1 Å². The molecule has 1 aromatic carbocycles. The van der Waals surface area contributed by atoms with Gasteiger partial charge in [0.15, 0.2) is 0 Å². The maximum Gasteiger partial charge on any atom is 0.398 e. The lowest BCUT2D eigenvalue weighted by Crippen LogP contribution is -2.40. The fourth-order valence-corrected chi connectivity index (χ4v) is 4.60. The minimum atomic E-state index is -4.55. The number of non-ortho nitro benzene ring substituents is 1. The first-order valence-corrected chi connectivity index (χ1v) is 14.3. The van der Waals surface area contributed by atoms with Crippen molar-refractivity contribution >= 4 is 16.1 Å². The number of rotatable bonds is 21. The van der Waals surface area contributed by atoms with Gasteiger partial charge in [-0.15, -0.1) is 0 Å². The van der Waals surface area contributed by atoms with Crippen LogP contribution in [-0.2, 0) is 21.0 Å². The summed E-state index contributed by atoms with van der Waals surface area (Å²) in [5.41, 5.74) is 1.07. The summed E-state index contributed by atoms with van der Waals surface area (Å²) in [6.07, 6.45) is 13.3. The van der Waals surface area contributed by atoms with Crippen LogP contribution in [0.4, 0.5) is 5.69 Å². The molecule has 1 rings (SSSR count). The van der Waals surface area contributed by atoms with Gasteiger partial charge in [-0.1, -0.05) is 77.3 Å². The highest BCUT2D eigenvalue weighted by Crippen LogP contribution is 2.19. The van der Waals surface area contributed by atoms with Gasteiger partial charge in [-0.25, -0.2) is 4.18 Å². The largest absolute Gasteiger partial charge is 0.398 e. The number of unbranched alkanes of at least 4 members (excludes halogenated alkanes) is 9. The van der Waals surface area contributed by atoms with Crippen LogP contribution in [0.2, 0.25) is 0 Å². The molecule has 0 heterocycles. The SMILES string of the molecule is CCCCCCCN(CCCCCCC)C(CCCCc1ccc([N+](=O)[O-])cc1)OS(=O)(=O)O.